The molecule has 0 saturated heterocycles. The Kier molecular flexibility index (Phi) is 4.88. The van der Waals surface area contributed by atoms with Gasteiger partial charge >= 0.3 is 5.97 Å². The van der Waals surface area contributed by atoms with Gasteiger partial charge in [0.25, 0.3) is 0 Å². The van der Waals surface area contributed by atoms with Crippen molar-refractivity contribution >= 4 is 5.97 Å². The third-order valence-electron chi connectivity index (χ3n) is 2.58. The molecule has 0 radical (unpaired) electrons. The minimum absolute atomic E-state index is 0.130. The number of carbonyl (C=O) groups excluding carboxylic acids is 1. The van der Waals surface area contributed by atoms with Gasteiger partial charge in [0.1, 0.15) is 5.75 Å². The van der Waals surface area contributed by atoms with E-state index in [1.165, 1.54) is 0 Å². The molecule has 0 aliphatic rings. The fraction of sp³-hybridized carbons (Fsp3) is 0.462. The summed E-state index contributed by atoms with van der Waals surface area (Å²) in [6.07, 6.45) is 2.57. The zero-order valence-electron chi connectivity index (χ0n) is 9.40. The topological polar surface area (TPSA) is 26.3 Å². The summed E-state index contributed by atoms with van der Waals surface area (Å²) < 4.78 is 5.21. The summed E-state index contributed by atoms with van der Waals surface area (Å²) in [5.74, 6) is 0.949. The molecule has 1 aromatic rings. The van der Waals surface area contributed by atoms with Crippen molar-refractivity contribution < 1.29 is 9.53 Å². The number of carbonyl (C=O) groups is 1. The molecule has 1 aromatic carbocycles. The SMILES string of the molecule is CCC(CC)CC(=O)Oc1ccccc1. The minimum atomic E-state index is -0.130. The second kappa shape index (κ2) is 6.23. The van der Waals surface area contributed by atoms with Crippen LogP contribution in [0.1, 0.15) is 33.1 Å². The maximum atomic E-state index is 11.5. The molecule has 0 amide bonds. The molecule has 0 aliphatic heterocycles. The highest BCUT2D eigenvalue weighted by atomic mass is 16.5. The van der Waals surface area contributed by atoms with E-state index in [0.29, 0.717) is 18.1 Å². The van der Waals surface area contributed by atoms with Gasteiger partial charge in [-0.25, -0.2) is 0 Å². The lowest BCUT2D eigenvalue weighted by Gasteiger charge is -2.10. The molecule has 2 heteroatoms. The Morgan fingerprint density at radius 1 is 1.20 bits per heavy atom. The van der Waals surface area contributed by atoms with E-state index in [0.717, 1.165) is 12.8 Å². The van der Waals surface area contributed by atoms with Gasteiger partial charge in [0.2, 0.25) is 0 Å². The van der Waals surface area contributed by atoms with Crippen LogP contribution in [0, 0.1) is 5.92 Å². The van der Waals surface area contributed by atoms with E-state index < -0.39 is 0 Å². The van der Waals surface area contributed by atoms with Crippen LogP contribution in [0.4, 0.5) is 0 Å². The highest BCUT2D eigenvalue weighted by Gasteiger charge is 2.11. The third-order valence-corrected chi connectivity index (χ3v) is 2.58. The van der Waals surface area contributed by atoms with E-state index in [4.69, 9.17) is 4.74 Å². The molecular formula is C13H18O2. The molecule has 0 unspecified atom stereocenters. The molecule has 0 spiro atoms. The lowest BCUT2D eigenvalue weighted by Crippen LogP contribution is -2.13. The number of benzene rings is 1. The average molecular weight is 206 g/mol. The molecule has 1 rings (SSSR count). The Morgan fingerprint density at radius 2 is 1.80 bits per heavy atom. The first kappa shape index (κ1) is 11.8. The van der Waals surface area contributed by atoms with Crippen molar-refractivity contribution in [1.29, 1.82) is 0 Å². The molecule has 0 atom stereocenters. The Hall–Kier alpha value is -1.31. The quantitative estimate of drug-likeness (QED) is 0.545. The molecule has 0 heterocycles. The van der Waals surface area contributed by atoms with Crippen molar-refractivity contribution in [2.75, 3.05) is 0 Å². The maximum absolute atomic E-state index is 11.5. The predicted molar refractivity (Wildman–Crippen MR) is 60.8 cm³/mol. The van der Waals surface area contributed by atoms with Crippen molar-refractivity contribution in [3.8, 4) is 5.75 Å². The van der Waals surface area contributed by atoms with Gasteiger partial charge in [0, 0.05) is 6.42 Å². The summed E-state index contributed by atoms with van der Waals surface area (Å²) in [7, 11) is 0. The van der Waals surface area contributed by atoms with E-state index in [1.807, 2.05) is 18.2 Å². The van der Waals surface area contributed by atoms with Crippen molar-refractivity contribution in [1.82, 2.24) is 0 Å². The van der Waals surface area contributed by atoms with Gasteiger partial charge in [-0.1, -0.05) is 44.9 Å². The van der Waals surface area contributed by atoms with Crippen LogP contribution in [0.15, 0.2) is 30.3 Å². The Balaban J connectivity index is 2.43. The number of esters is 1. The van der Waals surface area contributed by atoms with E-state index in [2.05, 4.69) is 13.8 Å². The van der Waals surface area contributed by atoms with Crippen LogP contribution in [-0.2, 0) is 4.79 Å². The number of hydrogen-bond acceptors (Lipinski definition) is 2. The minimum Gasteiger partial charge on any atom is -0.427 e. The fourth-order valence-electron chi connectivity index (χ4n) is 1.47. The second-order valence-electron chi connectivity index (χ2n) is 3.67. The lowest BCUT2D eigenvalue weighted by molar-refractivity contribution is -0.135. The Morgan fingerprint density at radius 3 is 2.33 bits per heavy atom. The first-order chi connectivity index (χ1) is 7.26. The predicted octanol–water partition coefficient (Wildman–Crippen LogP) is 3.42. The monoisotopic (exact) mass is 206 g/mol. The largest absolute Gasteiger partial charge is 0.427 e. The second-order valence-corrected chi connectivity index (χ2v) is 3.67. The van der Waals surface area contributed by atoms with Gasteiger partial charge in [-0.2, -0.15) is 0 Å². The number of para-hydroxylation sites is 1. The van der Waals surface area contributed by atoms with E-state index in [-0.39, 0.29) is 5.97 Å². The molecular weight excluding hydrogens is 188 g/mol. The summed E-state index contributed by atoms with van der Waals surface area (Å²) in [6, 6.07) is 9.22. The number of rotatable bonds is 5. The van der Waals surface area contributed by atoms with Crippen molar-refractivity contribution in [3.63, 3.8) is 0 Å². The molecule has 0 bridgehead atoms. The number of ether oxygens (including phenoxy) is 1. The highest BCUT2D eigenvalue weighted by Crippen LogP contribution is 2.15. The molecule has 0 aromatic heterocycles. The molecule has 0 fully saturated rings. The molecule has 0 N–H and O–H groups in total. The van der Waals surface area contributed by atoms with Gasteiger partial charge in [-0.15, -0.1) is 0 Å². The highest BCUT2D eigenvalue weighted by molar-refractivity contribution is 5.72. The van der Waals surface area contributed by atoms with Crippen LogP contribution in [0.25, 0.3) is 0 Å². The van der Waals surface area contributed by atoms with Gasteiger partial charge in [-0.3, -0.25) is 4.79 Å². The van der Waals surface area contributed by atoms with Crippen LogP contribution in [-0.4, -0.2) is 5.97 Å². The normalized spacial score (nSPS) is 10.3. The van der Waals surface area contributed by atoms with Gasteiger partial charge < -0.3 is 4.74 Å². The fourth-order valence-corrected chi connectivity index (χ4v) is 1.47. The van der Waals surface area contributed by atoms with Gasteiger partial charge in [0.15, 0.2) is 0 Å². The van der Waals surface area contributed by atoms with Crippen molar-refractivity contribution in [2.45, 2.75) is 33.1 Å². The number of hydrogen-bond donors (Lipinski definition) is 0. The van der Waals surface area contributed by atoms with E-state index >= 15 is 0 Å². The summed E-state index contributed by atoms with van der Waals surface area (Å²) in [5.41, 5.74) is 0. The lowest BCUT2D eigenvalue weighted by atomic mass is 10.00. The molecule has 0 saturated carbocycles. The maximum Gasteiger partial charge on any atom is 0.311 e. The van der Waals surface area contributed by atoms with E-state index in [9.17, 15) is 4.79 Å². The zero-order chi connectivity index (χ0) is 11.1. The van der Waals surface area contributed by atoms with Crippen LogP contribution in [0.2, 0.25) is 0 Å². The summed E-state index contributed by atoms with van der Waals surface area (Å²) in [4.78, 5) is 11.5. The first-order valence-corrected chi connectivity index (χ1v) is 5.52. The van der Waals surface area contributed by atoms with Gasteiger partial charge in [-0.05, 0) is 18.1 Å². The average Bonchev–Trinajstić information content (AvgIpc) is 2.27. The van der Waals surface area contributed by atoms with Crippen molar-refractivity contribution in [3.05, 3.63) is 30.3 Å². The molecule has 2 nitrogen and oxygen atoms in total. The van der Waals surface area contributed by atoms with Crippen LogP contribution < -0.4 is 4.74 Å². The standard InChI is InChI=1S/C13H18O2/c1-3-11(4-2)10-13(14)15-12-8-6-5-7-9-12/h5-9,11H,3-4,10H2,1-2H3. The van der Waals surface area contributed by atoms with E-state index in [1.54, 1.807) is 12.1 Å². The summed E-state index contributed by atoms with van der Waals surface area (Å²) >= 11 is 0. The Labute approximate surface area is 91.3 Å². The van der Waals surface area contributed by atoms with Crippen LogP contribution >= 0.6 is 0 Å². The first-order valence-electron chi connectivity index (χ1n) is 5.52. The van der Waals surface area contributed by atoms with Crippen LogP contribution in [0.3, 0.4) is 0 Å². The summed E-state index contributed by atoms with van der Waals surface area (Å²) in [5, 5.41) is 0. The molecule has 15 heavy (non-hydrogen) atoms. The zero-order valence-corrected chi connectivity index (χ0v) is 9.40. The van der Waals surface area contributed by atoms with Crippen LogP contribution in [0.5, 0.6) is 5.75 Å². The van der Waals surface area contributed by atoms with Gasteiger partial charge in [0.05, 0.1) is 0 Å². The summed E-state index contributed by atoms with van der Waals surface area (Å²) in [6.45, 7) is 4.20. The smallest absolute Gasteiger partial charge is 0.311 e. The molecule has 82 valence electrons. The third kappa shape index (κ3) is 4.15. The van der Waals surface area contributed by atoms with Crippen molar-refractivity contribution in [2.24, 2.45) is 5.92 Å². The Bertz CT molecular complexity index is 289. The molecule has 0 aliphatic carbocycles.